The lowest BCUT2D eigenvalue weighted by Gasteiger charge is -2.22. The van der Waals surface area contributed by atoms with Gasteiger partial charge >= 0.3 is 0 Å². The number of hydrogen-bond donors (Lipinski definition) is 0. The third kappa shape index (κ3) is 4.62. The van der Waals surface area contributed by atoms with Crippen molar-refractivity contribution < 1.29 is 9.59 Å². The van der Waals surface area contributed by atoms with Crippen LogP contribution in [0.5, 0.6) is 0 Å². The van der Waals surface area contributed by atoms with Gasteiger partial charge in [0.05, 0.1) is 0 Å². The predicted molar refractivity (Wildman–Crippen MR) is 93.7 cm³/mol. The second kappa shape index (κ2) is 8.42. The summed E-state index contributed by atoms with van der Waals surface area (Å²) in [7, 11) is 0. The third-order valence-corrected chi connectivity index (χ3v) is 4.39. The molecule has 2 rings (SSSR count). The molecule has 2 heteroatoms. The van der Waals surface area contributed by atoms with E-state index in [1.165, 1.54) is 5.56 Å². The molecule has 0 radical (unpaired) electrons. The van der Waals surface area contributed by atoms with E-state index in [0.717, 1.165) is 23.7 Å². The van der Waals surface area contributed by atoms with Gasteiger partial charge in [0.25, 0.3) is 0 Å². The first-order valence-electron chi connectivity index (χ1n) is 8.18. The van der Waals surface area contributed by atoms with E-state index in [4.69, 9.17) is 0 Å². The molecule has 0 bridgehead atoms. The summed E-state index contributed by atoms with van der Waals surface area (Å²) in [4.78, 5) is 22.7. The van der Waals surface area contributed by atoms with Crippen LogP contribution < -0.4 is 0 Å². The van der Waals surface area contributed by atoms with Crippen LogP contribution in [0, 0.1) is 5.92 Å². The lowest BCUT2D eigenvalue weighted by molar-refractivity contribution is -0.112. The third-order valence-electron chi connectivity index (χ3n) is 4.39. The molecule has 0 heterocycles. The molecule has 2 aromatic rings. The average Bonchev–Trinajstić information content (AvgIpc) is 2.59. The van der Waals surface area contributed by atoms with E-state index >= 15 is 0 Å². The summed E-state index contributed by atoms with van der Waals surface area (Å²) in [5, 5.41) is 0. The van der Waals surface area contributed by atoms with Gasteiger partial charge in [-0.05, 0) is 29.0 Å². The molecule has 2 nitrogen and oxygen atoms in total. The van der Waals surface area contributed by atoms with Crippen molar-refractivity contribution in [1.29, 1.82) is 0 Å². The van der Waals surface area contributed by atoms with Gasteiger partial charge in [-0.3, -0.25) is 0 Å². The Morgan fingerprint density at radius 2 is 1.52 bits per heavy atom. The highest BCUT2D eigenvalue weighted by atomic mass is 16.1. The van der Waals surface area contributed by atoms with Crippen LogP contribution in [0.3, 0.4) is 0 Å². The monoisotopic (exact) mass is 308 g/mol. The predicted octanol–water partition coefficient (Wildman–Crippen LogP) is 4.54. The number of carbonyl (C=O) groups excluding carboxylic acids is 2. The van der Waals surface area contributed by atoms with Crippen molar-refractivity contribution in [1.82, 2.24) is 0 Å². The van der Waals surface area contributed by atoms with Crippen molar-refractivity contribution in [2.45, 2.75) is 38.5 Å². The van der Waals surface area contributed by atoms with Gasteiger partial charge in [-0.25, -0.2) is 0 Å². The van der Waals surface area contributed by atoms with Crippen molar-refractivity contribution in [3.63, 3.8) is 0 Å². The Hall–Kier alpha value is -2.22. The quantitative estimate of drug-likeness (QED) is 0.671. The Kier molecular flexibility index (Phi) is 6.28. The molecule has 120 valence electrons. The SMILES string of the molecule is CC(C)c1ccc(CC(C=O)C(CC=O)c2ccccc2)cc1. The van der Waals surface area contributed by atoms with E-state index in [1.807, 2.05) is 30.3 Å². The molecule has 0 aliphatic carbocycles. The fourth-order valence-electron chi connectivity index (χ4n) is 2.96. The van der Waals surface area contributed by atoms with Crippen LogP contribution >= 0.6 is 0 Å². The van der Waals surface area contributed by atoms with Crippen LogP contribution in [0.2, 0.25) is 0 Å². The Bertz CT molecular complexity index is 614. The van der Waals surface area contributed by atoms with E-state index in [9.17, 15) is 9.59 Å². The first-order valence-corrected chi connectivity index (χ1v) is 8.18. The van der Waals surface area contributed by atoms with E-state index in [0.29, 0.717) is 18.8 Å². The Labute approximate surface area is 138 Å². The van der Waals surface area contributed by atoms with Crippen molar-refractivity contribution in [3.05, 3.63) is 71.3 Å². The molecule has 0 saturated heterocycles. The maximum absolute atomic E-state index is 11.7. The summed E-state index contributed by atoms with van der Waals surface area (Å²) in [6, 6.07) is 18.3. The summed E-state index contributed by atoms with van der Waals surface area (Å²) in [5.41, 5.74) is 3.48. The largest absolute Gasteiger partial charge is 0.303 e. The van der Waals surface area contributed by atoms with Crippen LogP contribution in [-0.2, 0) is 16.0 Å². The van der Waals surface area contributed by atoms with Gasteiger partial charge in [-0.15, -0.1) is 0 Å². The number of rotatable bonds is 8. The first-order chi connectivity index (χ1) is 11.2. The van der Waals surface area contributed by atoms with Crippen molar-refractivity contribution in [3.8, 4) is 0 Å². The molecule has 0 aliphatic heterocycles. The van der Waals surface area contributed by atoms with Crippen molar-refractivity contribution in [2.24, 2.45) is 5.92 Å². The lowest BCUT2D eigenvalue weighted by Crippen LogP contribution is -2.18. The molecule has 0 N–H and O–H groups in total. The molecule has 0 aromatic heterocycles. The van der Waals surface area contributed by atoms with E-state index in [-0.39, 0.29) is 11.8 Å². The molecule has 0 saturated carbocycles. The summed E-state index contributed by atoms with van der Waals surface area (Å²) in [6.07, 6.45) is 2.94. The first kappa shape index (κ1) is 17.1. The Morgan fingerprint density at radius 3 is 2.04 bits per heavy atom. The molecule has 2 aromatic carbocycles. The van der Waals surface area contributed by atoms with Crippen LogP contribution in [0.25, 0.3) is 0 Å². The minimum atomic E-state index is -0.188. The molecule has 0 spiro atoms. The van der Waals surface area contributed by atoms with Crippen LogP contribution in [0.1, 0.15) is 48.8 Å². The molecule has 23 heavy (non-hydrogen) atoms. The standard InChI is InChI=1S/C21H24O2/c1-16(2)18-10-8-17(9-11-18)14-20(15-23)21(12-13-22)19-6-4-3-5-7-19/h3-11,13,15-16,20-21H,12,14H2,1-2H3. The van der Waals surface area contributed by atoms with Crippen molar-refractivity contribution >= 4 is 12.6 Å². The molecule has 0 fully saturated rings. The number of benzene rings is 2. The zero-order valence-electron chi connectivity index (χ0n) is 13.8. The zero-order chi connectivity index (χ0) is 16.7. The normalized spacial score (nSPS) is 13.5. The molecule has 0 aliphatic rings. The van der Waals surface area contributed by atoms with Gasteiger partial charge in [0, 0.05) is 18.3 Å². The van der Waals surface area contributed by atoms with Gasteiger partial charge in [-0.2, -0.15) is 0 Å². The number of hydrogen-bond acceptors (Lipinski definition) is 2. The smallest absolute Gasteiger partial charge is 0.124 e. The van der Waals surface area contributed by atoms with Crippen molar-refractivity contribution in [2.75, 3.05) is 0 Å². The molecule has 0 amide bonds. The number of carbonyl (C=O) groups is 2. The highest BCUT2D eigenvalue weighted by Gasteiger charge is 2.23. The zero-order valence-corrected chi connectivity index (χ0v) is 13.8. The summed E-state index contributed by atoms with van der Waals surface area (Å²) >= 11 is 0. The molecule has 2 atom stereocenters. The van der Waals surface area contributed by atoms with Gasteiger partial charge in [-0.1, -0.05) is 68.4 Å². The van der Waals surface area contributed by atoms with E-state index < -0.39 is 0 Å². The Balaban J connectivity index is 2.19. The van der Waals surface area contributed by atoms with Crippen LogP contribution in [0.4, 0.5) is 0 Å². The molecule has 2 unspecified atom stereocenters. The van der Waals surface area contributed by atoms with Crippen LogP contribution in [-0.4, -0.2) is 12.6 Å². The van der Waals surface area contributed by atoms with E-state index in [1.54, 1.807) is 0 Å². The molecular weight excluding hydrogens is 284 g/mol. The minimum absolute atomic E-state index is 0.0593. The minimum Gasteiger partial charge on any atom is -0.303 e. The maximum Gasteiger partial charge on any atom is 0.124 e. The Morgan fingerprint density at radius 1 is 0.870 bits per heavy atom. The summed E-state index contributed by atoms with van der Waals surface area (Å²) in [5.74, 6) is 0.251. The average molecular weight is 308 g/mol. The number of aldehydes is 2. The summed E-state index contributed by atoms with van der Waals surface area (Å²) in [6.45, 7) is 4.33. The second-order valence-electron chi connectivity index (χ2n) is 6.32. The van der Waals surface area contributed by atoms with Gasteiger partial charge in [0.1, 0.15) is 12.6 Å². The fraction of sp³-hybridized carbons (Fsp3) is 0.333. The molecular formula is C21H24O2. The maximum atomic E-state index is 11.7. The topological polar surface area (TPSA) is 34.1 Å². The highest BCUT2D eigenvalue weighted by molar-refractivity contribution is 5.60. The van der Waals surface area contributed by atoms with E-state index in [2.05, 4.69) is 38.1 Å². The lowest BCUT2D eigenvalue weighted by atomic mass is 9.81. The summed E-state index contributed by atoms with van der Waals surface area (Å²) < 4.78 is 0. The second-order valence-corrected chi connectivity index (χ2v) is 6.32. The van der Waals surface area contributed by atoms with Gasteiger partial charge in [0.2, 0.25) is 0 Å². The van der Waals surface area contributed by atoms with Gasteiger partial charge in [0.15, 0.2) is 0 Å². The highest BCUT2D eigenvalue weighted by Crippen LogP contribution is 2.29. The van der Waals surface area contributed by atoms with Crippen LogP contribution in [0.15, 0.2) is 54.6 Å². The fourth-order valence-corrected chi connectivity index (χ4v) is 2.96. The van der Waals surface area contributed by atoms with Gasteiger partial charge < -0.3 is 9.59 Å².